The molecule has 0 atom stereocenters. The first kappa shape index (κ1) is 21.9. The van der Waals surface area contributed by atoms with Crippen LogP contribution in [0.4, 0.5) is 5.69 Å². The summed E-state index contributed by atoms with van der Waals surface area (Å²) in [7, 11) is 0. The van der Waals surface area contributed by atoms with Gasteiger partial charge in [-0.2, -0.15) is 5.10 Å². The summed E-state index contributed by atoms with van der Waals surface area (Å²) in [4.78, 5) is 39.7. The summed E-state index contributed by atoms with van der Waals surface area (Å²) in [5.74, 6) is -0.0686. The van der Waals surface area contributed by atoms with Gasteiger partial charge in [0.15, 0.2) is 5.76 Å². The lowest BCUT2D eigenvalue weighted by Gasteiger charge is -2.13. The lowest BCUT2D eigenvalue weighted by molar-refractivity contribution is -0.384. The van der Waals surface area contributed by atoms with Crippen molar-refractivity contribution in [2.75, 3.05) is 0 Å². The van der Waals surface area contributed by atoms with Gasteiger partial charge in [-0.15, -0.1) is 0 Å². The van der Waals surface area contributed by atoms with E-state index in [0.717, 1.165) is 12.1 Å². The van der Waals surface area contributed by atoms with Crippen molar-refractivity contribution in [1.29, 1.82) is 0 Å². The normalized spacial score (nSPS) is 13.9. The maximum atomic E-state index is 12.7. The van der Waals surface area contributed by atoms with E-state index in [9.17, 15) is 19.7 Å². The Bertz CT molecular complexity index is 1250. The lowest BCUT2D eigenvalue weighted by Crippen LogP contribution is -2.24. The zero-order valence-electron chi connectivity index (χ0n) is 17.8. The van der Waals surface area contributed by atoms with Crippen LogP contribution in [0.25, 0.3) is 0 Å². The van der Waals surface area contributed by atoms with Crippen LogP contribution in [0.1, 0.15) is 56.3 Å². The number of hydrazone groups is 1. The first-order valence-electron chi connectivity index (χ1n) is 10.4. The van der Waals surface area contributed by atoms with Crippen molar-refractivity contribution in [3.63, 3.8) is 0 Å². The molecule has 2 amide bonds. The van der Waals surface area contributed by atoms with Crippen LogP contribution in [-0.4, -0.2) is 27.4 Å². The number of carbonyl (C=O) groups is 2. The van der Waals surface area contributed by atoms with Crippen LogP contribution in [0, 0.1) is 17.0 Å². The predicted molar refractivity (Wildman–Crippen MR) is 119 cm³/mol. The summed E-state index contributed by atoms with van der Waals surface area (Å²) < 4.78 is 5.85. The molecule has 0 fully saturated rings. The molecule has 0 aliphatic heterocycles. The van der Waals surface area contributed by atoms with Crippen molar-refractivity contribution in [3.05, 3.63) is 92.7 Å². The second kappa shape index (κ2) is 9.43. The van der Waals surface area contributed by atoms with Crippen molar-refractivity contribution in [1.82, 2.24) is 15.7 Å². The van der Waals surface area contributed by atoms with Crippen LogP contribution in [0.5, 0.6) is 0 Å². The number of rotatable bonds is 6. The van der Waals surface area contributed by atoms with Crippen LogP contribution in [-0.2, 0) is 13.0 Å². The number of amides is 2. The van der Waals surface area contributed by atoms with Gasteiger partial charge in [-0.25, -0.2) is 5.43 Å². The zero-order chi connectivity index (χ0) is 23.4. The number of furan rings is 1. The molecule has 4 rings (SSSR count). The molecule has 10 heteroatoms. The smallest absolute Gasteiger partial charge is 0.287 e. The van der Waals surface area contributed by atoms with Crippen LogP contribution in [0.3, 0.4) is 0 Å². The number of aromatic nitrogens is 1. The van der Waals surface area contributed by atoms with Crippen LogP contribution in [0.15, 0.2) is 58.2 Å². The Labute approximate surface area is 188 Å². The van der Waals surface area contributed by atoms with E-state index in [1.165, 1.54) is 24.3 Å². The number of non-ortho nitro benzene ring substituents is 1. The summed E-state index contributed by atoms with van der Waals surface area (Å²) in [6, 6.07) is 10.9. The molecule has 1 aromatic carbocycles. The Kier molecular flexibility index (Phi) is 6.25. The lowest BCUT2D eigenvalue weighted by atomic mass is 9.93. The number of nitrogens with zero attached hydrogens (tertiary/aromatic N) is 3. The first-order chi connectivity index (χ1) is 15.9. The molecule has 33 heavy (non-hydrogen) atoms. The average Bonchev–Trinajstić information content (AvgIpc) is 3.18. The van der Waals surface area contributed by atoms with Gasteiger partial charge in [-0.1, -0.05) is 12.1 Å². The summed E-state index contributed by atoms with van der Waals surface area (Å²) in [6.07, 6.45) is 3.66. The van der Waals surface area contributed by atoms with E-state index in [4.69, 9.17) is 4.42 Å². The fraction of sp³-hybridized carbons (Fsp3) is 0.217. The van der Waals surface area contributed by atoms with Gasteiger partial charge in [0.1, 0.15) is 5.76 Å². The van der Waals surface area contributed by atoms with Gasteiger partial charge >= 0.3 is 0 Å². The van der Waals surface area contributed by atoms with E-state index in [1.807, 2.05) is 12.1 Å². The Morgan fingerprint density at radius 3 is 2.79 bits per heavy atom. The average molecular weight is 447 g/mol. The van der Waals surface area contributed by atoms with E-state index in [0.29, 0.717) is 35.4 Å². The number of nitrogens with one attached hydrogen (secondary N) is 2. The minimum atomic E-state index is -0.564. The Hall–Kier alpha value is -4.34. The standard InChI is InChI=1S/C23H21N5O5/c1-14-20-18(26-27-22(29)15-6-4-8-17(12-15)28(31)32)9-5-10-19(20)33-21(14)23(30)25-13-16-7-2-3-11-24-16/h2-4,6-8,11-12H,5,9-10,13H2,1H3,(H,25,30)(H,27,29)/b26-18+. The molecule has 0 saturated heterocycles. The molecule has 0 spiro atoms. The molecule has 3 aromatic rings. The quantitative estimate of drug-likeness (QED) is 0.439. The maximum Gasteiger partial charge on any atom is 0.287 e. The van der Waals surface area contributed by atoms with Crippen molar-refractivity contribution in [3.8, 4) is 0 Å². The predicted octanol–water partition coefficient (Wildman–Crippen LogP) is 3.29. The second-order valence-corrected chi connectivity index (χ2v) is 7.52. The number of aryl methyl sites for hydroxylation is 1. The molecule has 10 nitrogen and oxygen atoms in total. The minimum Gasteiger partial charge on any atom is -0.455 e. The molecule has 168 valence electrons. The van der Waals surface area contributed by atoms with Crippen molar-refractivity contribution in [2.45, 2.75) is 32.7 Å². The molecule has 0 saturated carbocycles. The van der Waals surface area contributed by atoms with E-state index in [1.54, 1.807) is 19.2 Å². The van der Waals surface area contributed by atoms with Crippen LogP contribution >= 0.6 is 0 Å². The Balaban J connectivity index is 1.51. The third kappa shape index (κ3) is 4.79. The number of nitro benzene ring substituents is 1. The van der Waals surface area contributed by atoms with E-state index in [-0.39, 0.29) is 29.5 Å². The molecule has 2 N–H and O–H groups in total. The highest BCUT2D eigenvalue weighted by Crippen LogP contribution is 2.30. The van der Waals surface area contributed by atoms with Gasteiger partial charge in [0.25, 0.3) is 17.5 Å². The topological polar surface area (TPSA) is 140 Å². The fourth-order valence-electron chi connectivity index (χ4n) is 3.69. The molecule has 0 unspecified atom stereocenters. The minimum absolute atomic E-state index is 0.128. The number of carbonyl (C=O) groups excluding carboxylic acids is 2. The maximum absolute atomic E-state index is 12.7. The van der Waals surface area contributed by atoms with Crippen LogP contribution in [0.2, 0.25) is 0 Å². The largest absolute Gasteiger partial charge is 0.455 e. The van der Waals surface area contributed by atoms with Crippen molar-refractivity contribution >= 4 is 23.2 Å². The van der Waals surface area contributed by atoms with Gasteiger partial charge in [0.2, 0.25) is 0 Å². The third-order valence-corrected chi connectivity index (χ3v) is 5.30. The highest BCUT2D eigenvalue weighted by molar-refractivity contribution is 6.07. The summed E-state index contributed by atoms with van der Waals surface area (Å²) in [6.45, 7) is 2.05. The monoisotopic (exact) mass is 447 g/mol. The van der Waals surface area contributed by atoms with Gasteiger partial charge in [0, 0.05) is 41.4 Å². The SMILES string of the molecule is Cc1c(C(=O)NCc2ccccn2)oc2c1/C(=N/NC(=O)c1cccc([N+](=O)[O-])c1)CCC2. The van der Waals surface area contributed by atoms with Gasteiger partial charge in [-0.05, 0) is 38.0 Å². The summed E-state index contributed by atoms with van der Waals surface area (Å²) in [5.41, 5.74) is 5.10. The molecule has 1 aliphatic carbocycles. The highest BCUT2D eigenvalue weighted by Gasteiger charge is 2.28. The summed E-state index contributed by atoms with van der Waals surface area (Å²) >= 11 is 0. The van der Waals surface area contributed by atoms with Gasteiger partial charge in [0.05, 0.1) is 22.9 Å². The van der Waals surface area contributed by atoms with Crippen LogP contribution < -0.4 is 10.7 Å². The van der Waals surface area contributed by atoms with Gasteiger partial charge in [-0.3, -0.25) is 24.7 Å². The fourth-order valence-corrected chi connectivity index (χ4v) is 3.69. The molecule has 2 heterocycles. The zero-order valence-corrected chi connectivity index (χ0v) is 17.8. The van der Waals surface area contributed by atoms with Gasteiger partial charge < -0.3 is 9.73 Å². The molecule has 0 radical (unpaired) electrons. The Morgan fingerprint density at radius 2 is 2.03 bits per heavy atom. The second-order valence-electron chi connectivity index (χ2n) is 7.52. The number of pyridine rings is 1. The molecule has 0 bridgehead atoms. The molecular formula is C23H21N5O5. The summed E-state index contributed by atoms with van der Waals surface area (Å²) in [5, 5.41) is 18.0. The number of hydrogen-bond donors (Lipinski definition) is 2. The third-order valence-electron chi connectivity index (χ3n) is 5.30. The van der Waals surface area contributed by atoms with Crippen molar-refractivity contribution in [2.24, 2.45) is 5.10 Å². The molecular weight excluding hydrogens is 426 g/mol. The number of benzene rings is 1. The van der Waals surface area contributed by atoms with Crippen molar-refractivity contribution < 1.29 is 18.9 Å². The van der Waals surface area contributed by atoms with E-state index >= 15 is 0 Å². The Morgan fingerprint density at radius 1 is 1.18 bits per heavy atom. The van der Waals surface area contributed by atoms with E-state index < -0.39 is 10.8 Å². The highest BCUT2D eigenvalue weighted by atomic mass is 16.6. The number of fused-ring (bicyclic) bond motifs is 1. The first-order valence-corrected chi connectivity index (χ1v) is 10.4. The van der Waals surface area contributed by atoms with E-state index in [2.05, 4.69) is 20.8 Å². The number of hydrogen-bond acceptors (Lipinski definition) is 7. The molecule has 2 aromatic heterocycles. The number of nitro groups is 1. The molecule has 1 aliphatic rings.